The van der Waals surface area contributed by atoms with E-state index in [9.17, 15) is 4.79 Å². The summed E-state index contributed by atoms with van der Waals surface area (Å²) < 4.78 is 8.63. The number of halogens is 1. The molecule has 1 aliphatic heterocycles. The summed E-state index contributed by atoms with van der Waals surface area (Å²) in [4.78, 5) is 30.5. The maximum atomic E-state index is 11.6. The summed E-state index contributed by atoms with van der Waals surface area (Å²) in [6.07, 6.45) is 3.98. The topological polar surface area (TPSA) is 113 Å². The second kappa shape index (κ2) is 8.86. The van der Waals surface area contributed by atoms with Crippen LogP contribution in [-0.2, 0) is 11.3 Å². The first-order valence-electron chi connectivity index (χ1n) is 11.3. The highest BCUT2D eigenvalue weighted by Crippen LogP contribution is 2.33. The number of carbonyl (C=O) groups excluding carboxylic acids is 1. The molecule has 10 nitrogen and oxygen atoms in total. The first kappa shape index (κ1) is 22.6. The molecule has 1 aliphatic rings. The van der Waals surface area contributed by atoms with Gasteiger partial charge in [0.1, 0.15) is 11.9 Å². The van der Waals surface area contributed by atoms with Crippen molar-refractivity contribution in [2.75, 3.05) is 11.9 Å². The van der Waals surface area contributed by atoms with E-state index in [0.29, 0.717) is 24.7 Å². The highest BCUT2D eigenvalue weighted by molar-refractivity contribution is 9.10. The quantitative estimate of drug-likeness (QED) is 0.367. The normalized spacial score (nSPS) is 19.0. The molecule has 0 bridgehead atoms. The molecule has 4 heterocycles. The van der Waals surface area contributed by atoms with Crippen LogP contribution in [0.4, 0.5) is 5.95 Å². The fourth-order valence-corrected chi connectivity index (χ4v) is 4.78. The zero-order valence-electron chi connectivity index (χ0n) is 19.3. The monoisotopic (exact) mass is 526 g/mol. The van der Waals surface area contributed by atoms with Crippen LogP contribution >= 0.6 is 15.9 Å². The largest absolute Gasteiger partial charge is 0.460 e. The van der Waals surface area contributed by atoms with Crippen molar-refractivity contribution in [1.82, 2.24) is 34.4 Å². The number of H-pyrrole nitrogens is 1. The van der Waals surface area contributed by atoms with Gasteiger partial charge in [-0.3, -0.25) is 4.79 Å². The van der Waals surface area contributed by atoms with Crippen LogP contribution in [0.3, 0.4) is 0 Å². The molecule has 4 aromatic rings. The molecular formula is C23H27BrN8O2. The van der Waals surface area contributed by atoms with Gasteiger partial charge in [0.15, 0.2) is 5.65 Å². The number of nitrogens with zero attached hydrogens (tertiary/aromatic N) is 6. The number of nitrogens with one attached hydrogen (secondary N) is 2. The lowest BCUT2D eigenvalue weighted by Gasteiger charge is -2.43. The molecule has 1 fully saturated rings. The van der Waals surface area contributed by atoms with Crippen molar-refractivity contribution in [2.45, 2.75) is 52.3 Å². The number of anilines is 1. The molecule has 0 radical (unpaired) electrons. The van der Waals surface area contributed by atoms with Gasteiger partial charge in [-0.25, -0.2) is 4.98 Å². The van der Waals surface area contributed by atoms with Crippen LogP contribution < -0.4 is 10.1 Å². The summed E-state index contributed by atoms with van der Waals surface area (Å²) in [7, 11) is 0. The van der Waals surface area contributed by atoms with Crippen LogP contribution in [0, 0.1) is 5.41 Å². The lowest BCUT2D eigenvalue weighted by atomic mass is 9.80. The Labute approximate surface area is 205 Å². The third-order valence-electron chi connectivity index (χ3n) is 6.16. The van der Waals surface area contributed by atoms with Gasteiger partial charge < -0.3 is 19.9 Å². The summed E-state index contributed by atoms with van der Waals surface area (Å²) in [6, 6.07) is 8.25. The van der Waals surface area contributed by atoms with Crippen LogP contribution in [0.25, 0.3) is 16.7 Å². The molecular weight excluding hydrogens is 500 g/mol. The van der Waals surface area contributed by atoms with Crippen molar-refractivity contribution in [3.63, 3.8) is 0 Å². The SMILES string of the molecule is CC(C)(C)C1CC(Oc2nc(NCc3nc4ccccc4[nH]3)n3ncc(Br)c3n2)CCN1C=O. The van der Waals surface area contributed by atoms with Crippen molar-refractivity contribution in [3.8, 4) is 6.01 Å². The smallest absolute Gasteiger partial charge is 0.322 e. The lowest BCUT2D eigenvalue weighted by Crippen LogP contribution is -2.51. The molecule has 1 aromatic carbocycles. The van der Waals surface area contributed by atoms with Gasteiger partial charge in [-0.2, -0.15) is 19.6 Å². The van der Waals surface area contributed by atoms with E-state index in [0.717, 1.165) is 40.6 Å². The van der Waals surface area contributed by atoms with Crippen LogP contribution in [0.5, 0.6) is 6.01 Å². The molecule has 3 aromatic heterocycles. The number of hydrogen-bond donors (Lipinski definition) is 2. The predicted molar refractivity (Wildman–Crippen MR) is 132 cm³/mol. The standard InChI is InChI=1S/C23H27BrN8O2/c1-23(2,3)18-10-14(8-9-31(18)13-33)34-22-29-20-15(24)11-26-32(20)21(30-22)25-12-19-27-16-6-4-5-7-17(16)28-19/h4-7,11,13-14,18H,8-10,12H2,1-3H3,(H,27,28)(H,25,29,30). The second-order valence-corrected chi connectivity index (χ2v) is 10.5. The zero-order chi connectivity index (χ0) is 23.9. The molecule has 1 saturated heterocycles. The third-order valence-corrected chi connectivity index (χ3v) is 6.72. The van der Waals surface area contributed by atoms with Crippen LogP contribution in [0.1, 0.15) is 39.4 Å². The Morgan fingerprint density at radius 1 is 1.26 bits per heavy atom. The molecule has 11 heteroatoms. The summed E-state index contributed by atoms with van der Waals surface area (Å²) in [5, 5.41) is 7.68. The Morgan fingerprint density at radius 2 is 2.09 bits per heavy atom. The number of likely N-dealkylation sites (tertiary alicyclic amines) is 1. The minimum atomic E-state index is -0.0900. The number of hydrogen-bond acceptors (Lipinski definition) is 7. The number of aromatic nitrogens is 6. The average molecular weight is 527 g/mol. The fraction of sp³-hybridized carbons (Fsp3) is 0.435. The third kappa shape index (κ3) is 4.44. The van der Waals surface area contributed by atoms with Crippen molar-refractivity contribution in [1.29, 1.82) is 0 Å². The molecule has 0 saturated carbocycles. The number of piperidine rings is 1. The summed E-state index contributed by atoms with van der Waals surface area (Å²) >= 11 is 3.51. The number of rotatable bonds is 6. The van der Waals surface area contributed by atoms with E-state index < -0.39 is 0 Å². The number of aromatic amines is 1. The molecule has 5 rings (SSSR count). The Hall–Kier alpha value is -3.21. The van der Waals surface area contributed by atoms with Crippen LogP contribution in [-0.4, -0.2) is 59.6 Å². The lowest BCUT2D eigenvalue weighted by molar-refractivity contribution is -0.126. The van der Waals surface area contributed by atoms with E-state index in [1.807, 2.05) is 29.2 Å². The number of benzene rings is 1. The molecule has 178 valence electrons. The Kier molecular flexibility index (Phi) is 5.88. The molecule has 2 N–H and O–H groups in total. The fourth-order valence-electron chi connectivity index (χ4n) is 4.44. The Balaban J connectivity index is 1.38. The highest BCUT2D eigenvalue weighted by Gasteiger charge is 2.37. The van der Waals surface area contributed by atoms with E-state index in [4.69, 9.17) is 4.74 Å². The summed E-state index contributed by atoms with van der Waals surface area (Å²) in [5.74, 6) is 1.29. The van der Waals surface area contributed by atoms with Crippen LogP contribution in [0.15, 0.2) is 34.9 Å². The summed E-state index contributed by atoms with van der Waals surface area (Å²) in [5.41, 5.74) is 2.44. The first-order chi connectivity index (χ1) is 16.3. The van der Waals surface area contributed by atoms with E-state index >= 15 is 0 Å². The van der Waals surface area contributed by atoms with Crippen molar-refractivity contribution < 1.29 is 9.53 Å². The average Bonchev–Trinajstić information content (AvgIpc) is 3.40. The van der Waals surface area contributed by atoms with Crippen molar-refractivity contribution >= 4 is 45.0 Å². The van der Waals surface area contributed by atoms with Crippen LogP contribution in [0.2, 0.25) is 0 Å². The van der Waals surface area contributed by atoms with E-state index in [-0.39, 0.29) is 23.6 Å². The zero-order valence-corrected chi connectivity index (χ0v) is 20.9. The Morgan fingerprint density at radius 3 is 2.85 bits per heavy atom. The second-order valence-electron chi connectivity index (χ2n) is 9.60. The predicted octanol–water partition coefficient (Wildman–Crippen LogP) is 3.79. The molecule has 34 heavy (non-hydrogen) atoms. The maximum Gasteiger partial charge on any atom is 0.322 e. The van der Waals surface area contributed by atoms with Crippen molar-refractivity contribution in [3.05, 3.63) is 40.8 Å². The number of amides is 1. The minimum Gasteiger partial charge on any atom is -0.460 e. The highest BCUT2D eigenvalue weighted by atomic mass is 79.9. The van der Waals surface area contributed by atoms with Gasteiger partial charge in [-0.05, 0) is 33.5 Å². The number of fused-ring (bicyclic) bond motifs is 2. The minimum absolute atomic E-state index is 0.0540. The van der Waals surface area contributed by atoms with Crippen molar-refractivity contribution in [2.24, 2.45) is 5.41 Å². The van der Waals surface area contributed by atoms with Gasteiger partial charge >= 0.3 is 6.01 Å². The summed E-state index contributed by atoms with van der Waals surface area (Å²) in [6.45, 7) is 7.50. The van der Waals surface area contributed by atoms with Gasteiger partial charge in [0.25, 0.3) is 0 Å². The van der Waals surface area contributed by atoms with Gasteiger partial charge in [0.2, 0.25) is 12.4 Å². The molecule has 2 unspecified atom stereocenters. The van der Waals surface area contributed by atoms with Gasteiger partial charge in [-0.15, -0.1) is 0 Å². The molecule has 2 atom stereocenters. The van der Waals surface area contributed by atoms with Gasteiger partial charge in [-0.1, -0.05) is 32.9 Å². The molecule has 0 aliphatic carbocycles. The number of imidazole rings is 1. The van der Waals surface area contributed by atoms with E-state index in [2.05, 4.69) is 67.1 Å². The number of carbonyl (C=O) groups is 1. The number of ether oxygens (including phenoxy) is 1. The van der Waals surface area contributed by atoms with Gasteiger partial charge in [0.05, 0.1) is 28.2 Å². The Bertz CT molecular complexity index is 1290. The number of para-hydroxylation sites is 2. The maximum absolute atomic E-state index is 11.6. The molecule has 0 spiro atoms. The molecule has 1 amide bonds. The van der Waals surface area contributed by atoms with E-state index in [1.165, 1.54) is 0 Å². The van der Waals surface area contributed by atoms with E-state index in [1.54, 1.807) is 10.7 Å². The first-order valence-corrected chi connectivity index (χ1v) is 12.1. The van der Waals surface area contributed by atoms with Gasteiger partial charge in [0, 0.05) is 25.4 Å².